The van der Waals surface area contributed by atoms with E-state index in [2.05, 4.69) is 13.5 Å². The Balaban J connectivity index is 1.66. The first-order valence-corrected chi connectivity index (χ1v) is 18.9. The number of aliphatic hydroxyl groups excluding tert-OH is 1. The molecule has 4 aliphatic heterocycles. The number of methoxy groups -OCH3 is 1. The van der Waals surface area contributed by atoms with Gasteiger partial charge in [0.2, 0.25) is 5.79 Å². The highest BCUT2D eigenvalue weighted by molar-refractivity contribution is 5.83. The zero-order valence-corrected chi connectivity index (χ0v) is 30.8. The number of carbonyl (C=O) groups excluding carboxylic acids is 2. The fourth-order valence-electron chi connectivity index (χ4n) is 7.42. The van der Waals surface area contributed by atoms with Gasteiger partial charge in [0.15, 0.2) is 12.4 Å². The van der Waals surface area contributed by atoms with Gasteiger partial charge in [-0.3, -0.25) is 4.79 Å². The molecule has 0 radical (unpaired) electrons. The summed E-state index contributed by atoms with van der Waals surface area (Å²) < 4.78 is 42.5. The van der Waals surface area contributed by atoms with Gasteiger partial charge in [0.1, 0.15) is 6.10 Å². The fourth-order valence-corrected chi connectivity index (χ4v) is 7.42. The van der Waals surface area contributed by atoms with Gasteiger partial charge in [-0.05, 0) is 69.4 Å². The molecule has 0 spiro atoms. The summed E-state index contributed by atoms with van der Waals surface area (Å²) >= 11 is 0. The molecule has 4 aliphatic rings. The van der Waals surface area contributed by atoms with Crippen LogP contribution in [0.5, 0.6) is 0 Å². The molecule has 11 heteroatoms. The van der Waals surface area contributed by atoms with Crippen molar-refractivity contribution in [2.45, 2.75) is 172 Å². The summed E-state index contributed by atoms with van der Waals surface area (Å²) in [6.07, 6.45) is 13.9. The molecule has 0 aromatic rings. The average Bonchev–Trinajstić information content (AvgIpc) is 3.08. The number of carbonyl (C=O) groups is 2. The summed E-state index contributed by atoms with van der Waals surface area (Å²) in [6.45, 7) is 10.0. The minimum atomic E-state index is -2.14. The second-order valence-corrected chi connectivity index (χ2v) is 14.9. The lowest BCUT2D eigenvalue weighted by molar-refractivity contribution is -0.327. The number of ether oxygens (including phenoxy) is 7. The van der Waals surface area contributed by atoms with Crippen LogP contribution >= 0.6 is 0 Å². The molecule has 4 heterocycles. The summed E-state index contributed by atoms with van der Waals surface area (Å²) in [5.41, 5.74) is -0.849. The molecule has 0 aliphatic carbocycles. The van der Waals surface area contributed by atoms with Crippen LogP contribution in [-0.4, -0.2) is 91.2 Å². The van der Waals surface area contributed by atoms with E-state index in [1.54, 1.807) is 26.0 Å². The van der Waals surface area contributed by atoms with Crippen LogP contribution in [0.15, 0.2) is 36.1 Å². The van der Waals surface area contributed by atoms with Gasteiger partial charge in [0, 0.05) is 30.8 Å². The molecule has 0 saturated carbocycles. The van der Waals surface area contributed by atoms with Crippen molar-refractivity contribution in [2.75, 3.05) is 20.3 Å². The maximum atomic E-state index is 13.3. The van der Waals surface area contributed by atoms with Crippen LogP contribution in [0.3, 0.4) is 0 Å². The van der Waals surface area contributed by atoms with Crippen molar-refractivity contribution in [3.8, 4) is 0 Å². The van der Waals surface area contributed by atoms with Gasteiger partial charge < -0.3 is 43.4 Å². The van der Waals surface area contributed by atoms with E-state index < -0.39 is 47.7 Å². The lowest BCUT2D eigenvalue weighted by atomic mass is 9.74. The molecular weight excluding hydrogens is 644 g/mol. The fraction of sp³-hybridized carbons (Fsp3) is 0.795. The number of rotatable bonds is 9. The molecule has 3 saturated heterocycles. The van der Waals surface area contributed by atoms with Crippen molar-refractivity contribution < 1.29 is 53.0 Å². The molecule has 3 fully saturated rings. The van der Waals surface area contributed by atoms with Gasteiger partial charge in [-0.1, -0.05) is 59.1 Å². The summed E-state index contributed by atoms with van der Waals surface area (Å²) in [4.78, 5) is 26.0. The highest BCUT2D eigenvalue weighted by atomic mass is 16.7. The normalized spacial score (nSPS) is 35.4. The Morgan fingerprint density at radius 2 is 1.74 bits per heavy atom. The minimum Gasteiger partial charge on any atom is -0.493 e. The van der Waals surface area contributed by atoms with Gasteiger partial charge in [-0.2, -0.15) is 0 Å². The maximum Gasteiger partial charge on any atom is 0.330 e. The van der Waals surface area contributed by atoms with E-state index >= 15 is 0 Å². The predicted octanol–water partition coefficient (Wildman–Crippen LogP) is 6.34. The Bertz CT molecular complexity index is 1160. The van der Waals surface area contributed by atoms with Crippen molar-refractivity contribution in [3.63, 3.8) is 0 Å². The van der Waals surface area contributed by atoms with E-state index in [4.69, 9.17) is 33.2 Å². The van der Waals surface area contributed by atoms with Crippen LogP contribution < -0.4 is 0 Å². The van der Waals surface area contributed by atoms with Crippen LogP contribution in [0, 0.1) is 5.41 Å². The molecule has 50 heavy (non-hydrogen) atoms. The molecular formula is C39H62O11. The van der Waals surface area contributed by atoms with Crippen LogP contribution in [-0.2, 0) is 42.7 Å². The van der Waals surface area contributed by atoms with E-state index in [1.807, 2.05) is 0 Å². The summed E-state index contributed by atoms with van der Waals surface area (Å²) in [6, 6.07) is 0. The van der Waals surface area contributed by atoms with Crippen molar-refractivity contribution in [1.82, 2.24) is 0 Å². The second-order valence-electron chi connectivity index (χ2n) is 14.9. The lowest BCUT2D eigenvalue weighted by Gasteiger charge is -2.51. The van der Waals surface area contributed by atoms with Crippen molar-refractivity contribution >= 4 is 11.9 Å². The first-order chi connectivity index (χ1) is 24.0. The minimum absolute atomic E-state index is 0.0431. The summed E-state index contributed by atoms with van der Waals surface area (Å²) in [7, 11) is 1.27. The van der Waals surface area contributed by atoms with Gasteiger partial charge >= 0.3 is 11.9 Å². The molecule has 0 aromatic heterocycles. The number of fused-ring (bicyclic) bond motifs is 6. The zero-order chi connectivity index (χ0) is 36.1. The molecule has 0 unspecified atom stereocenters. The molecule has 0 amide bonds. The Kier molecular flexibility index (Phi) is 15.8. The quantitative estimate of drug-likeness (QED) is 0.120. The lowest BCUT2D eigenvalue weighted by Crippen LogP contribution is -2.62. The molecule has 2 N–H and O–H groups in total. The van der Waals surface area contributed by atoms with Crippen molar-refractivity contribution in [2.24, 2.45) is 5.41 Å². The molecule has 11 nitrogen and oxygen atoms in total. The number of hydrogen-bond acceptors (Lipinski definition) is 11. The highest BCUT2D eigenvalue weighted by Gasteiger charge is 2.57. The third-order valence-corrected chi connectivity index (χ3v) is 10.4. The number of unbranched alkanes of at least 4 members (excludes halogenated alkanes) is 4. The Morgan fingerprint density at radius 1 is 1.00 bits per heavy atom. The Hall–Kier alpha value is -2.28. The van der Waals surface area contributed by atoms with E-state index in [9.17, 15) is 19.8 Å². The number of esters is 2. The SMILES string of the molecule is C=C1CCC[C@@H]2CCC[C@H](C[C@@H]3CCO[C@H](/C=C/C(C)(C)[C@]4(O)O[C@@H](C/C(=C\C(=O)OC)[C@@H]4OC(=O)CCCCCCC)C[C@H](CO)O1)O3)O2. The van der Waals surface area contributed by atoms with Gasteiger partial charge in [-0.25, -0.2) is 4.79 Å². The Labute approximate surface area is 298 Å². The number of allylic oxidation sites excluding steroid dienone is 1. The molecule has 0 aromatic carbocycles. The molecule has 8 atom stereocenters. The van der Waals surface area contributed by atoms with E-state index in [1.165, 1.54) is 13.2 Å². The maximum absolute atomic E-state index is 13.3. The number of aliphatic hydroxyl groups is 2. The third kappa shape index (κ3) is 11.6. The number of hydrogen-bond donors (Lipinski definition) is 2. The van der Waals surface area contributed by atoms with Gasteiger partial charge in [-0.15, -0.1) is 0 Å². The van der Waals surface area contributed by atoms with Gasteiger partial charge in [0.25, 0.3) is 0 Å². The zero-order valence-electron chi connectivity index (χ0n) is 30.8. The molecule has 284 valence electrons. The molecule has 4 rings (SSSR count). The predicted molar refractivity (Wildman–Crippen MR) is 187 cm³/mol. The van der Waals surface area contributed by atoms with Crippen LogP contribution in [0.2, 0.25) is 0 Å². The van der Waals surface area contributed by atoms with Crippen molar-refractivity contribution in [3.05, 3.63) is 36.1 Å². The molecule has 6 bridgehead atoms. The smallest absolute Gasteiger partial charge is 0.330 e. The first kappa shape index (κ1) is 40.5. The topological polar surface area (TPSA) is 139 Å². The van der Waals surface area contributed by atoms with E-state index in [-0.39, 0.29) is 44.2 Å². The van der Waals surface area contributed by atoms with E-state index in [0.717, 1.165) is 70.6 Å². The standard InChI is InChI=1S/C39H62O11/c1-6-7-8-9-10-17-34(41)49-37-28(23-35(42)44-5)22-32-25-33(26-40)46-27(2)13-11-14-29-15-12-16-30(47-29)24-31-19-21-45-36(48-31)18-20-38(3,4)39(37,43)50-32/h18,20,23,29-33,36-37,40,43H,2,6-17,19,21-22,24-26H2,1,3-5H3/b20-18+,28-23+/t29-,30-,31+,32+,33-,36+,37+,39-/m1/s1. The third-order valence-electron chi connectivity index (χ3n) is 10.4. The van der Waals surface area contributed by atoms with E-state index in [0.29, 0.717) is 30.8 Å². The second kappa shape index (κ2) is 19.5. The van der Waals surface area contributed by atoms with Crippen LogP contribution in [0.25, 0.3) is 0 Å². The van der Waals surface area contributed by atoms with Gasteiger partial charge in [0.05, 0.1) is 50.5 Å². The Morgan fingerprint density at radius 3 is 2.50 bits per heavy atom. The van der Waals surface area contributed by atoms with Crippen LogP contribution in [0.4, 0.5) is 0 Å². The first-order valence-electron chi connectivity index (χ1n) is 18.9. The van der Waals surface area contributed by atoms with Crippen LogP contribution in [0.1, 0.15) is 124 Å². The van der Waals surface area contributed by atoms with Crippen molar-refractivity contribution in [1.29, 1.82) is 0 Å². The monoisotopic (exact) mass is 706 g/mol. The summed E-state index contributed by atoms with van der Waals surface area (Å²) in [5.74, 6) is -2.73. The average molecular weight is 707 g/mol. The largest absolute Gasteiger partial charge is 0.493 e. The highest BCUT2D eigenvalue weighted by Crippen LogP contribution is 2.47. The summed E-state index contributed by atoms with van der Waals surface area (Å²) in [5, 5.41) is 23.0.